The Morgan fingerprint density at radius 1 is 0.800 bits per heavy atom. The number of rotatable bonds is 6. The molecule has 0 aliphatic rings. The molecule has 0 saturated carbocycles. The van der Waals surface area contributed by atoms with Gasteiger partial charge in [0.2, 0.25) is 0 Å². The van der Waals surface area contributed by atoms with Gasteiger partial charge in [-0.25, -0.2) is 14.0 Å². The van der Waals surface area contributed by atoms with Crippen molar-refractivity contribution in [2.24, 2.45) is 0 Å². The van der Waals surface area contributed by atoms with E-state index < -0.39 is 7.51 Å². The Balaban J connectivity index is 0. The zero-order valence-electron chi connectivity index (χ0n) is 10.8. The van der Waals surface area contributed by atoms with Gasteiger partial charge in [0.15, 0.2) is 7.51 Å². The molecule has 0 saturated heterocycles. The Hall–Kier alpha value is 0.400. The summed E-state index contributed by atoms with van der Waals surface area (Å²) < 4.78 is 6.46. The number of nitrogens with one attached hydrogen (secondary N) is 1. The van der Waals surface area contributed by atoms with E-state index in [4.69, 9.17) is 5.16 Å². The van der Waals surface area contributed by atoms with Crippen LogP contribution in [-0.2, 0) is 0 Å². The van der Waals surface area contributed by atoms with Crippen LogP contribution in [-0.4, -0.2) is 54.8 Å². The monoisotopic (exact) mass is 256 g/mol. The fourth-order valence-electron chi connectivity index (χ4n) is 1.37. The second-order valence-corrected chi connectivity index (χ2v) is 6.68. The van der Waals surface area contributed by atoms with E-state index in [9.17, 15) is 0 Å². The summed E-state index contributed by atoms with van der Waals surface area (Å²) >= 11 is 0. The first-order chi connectivity index (χ1) is 6.44. The zero-order valence-corrected chi connectivity index (χ0v) is 12.5. The van der Waals surface area contributed by atoms with E-state index in [1.165, 1.54) is 0 Å². The molecule has 0 aromatic rings. The third kappa shape index (κ3) is 3.72. The SMILES string of the molecule is CCN(C)P(=N)(N(C)CC)N(C)CC.Cl. The average molecular weight is 257 g/mol. The van der Waals surface area contributed by atoms with Crippen LogP contribution in [0.25, 0.3) is 0 Å². The Kier molecular flexibility index (Phi) is 9.05. The van der Waals surface area contributed by atoms with E-state index >= 15 is 0 Å². The molecule has 0 aliphatic heterocycles. The number of hydrogen-bond acceptors (Lipinski definition) is 1. The third-order valence-electron chi connectivity index (χ3n) is 2.80. The molecule has 6 heteroatoms. The van der Waals surface area contributed by atoms with Gasteiger partial charge in [-0.2, -0.15) is 0 Å². The molecule has 15 heavy (non-hydrogen) atoms. The van der Waals surface area contributed by atoms with Gasteiger partial charge in [0.1, 0.15) is 0 Å². The van der Waals surface area contributed by atoms with Gasteiger partial charge in [0.25, 0.3) is 0 Å². The lowest BCUT2D eigenvalue weighted by atomic mass is 10.8. The molecule has 4 nitrogen and oxygen atoms in total. The number of halogens is 1. The van der Waals surface area contributed by atoms with Crippen LogP contribution in [0.4, 0.5) is 0 Å². The first-order valence-electron chi connectivity index (χ1n) is 5.24. The molecule has 0 rings (SSSR count). The average Bonchev–Trinajstić information content (AvgIpc) is 2.24. The summed E-state index contributed by atoms with van der Waals surface area (Å²) in [6.07, 6.45) is 0. The Labute approximate surface area is 101 Å². The number of hydrogen-bond donors (Lipinski definition) is 1. The molecule has 0 spiro atoms. The van der Waals surface area contributed by atoms with Crippen LogP contribution >= 0.6 is 19.9 Å². The molecule has 0 atom stereocenters. The lowest BCUT2D eigenvalue weighted by Gasteiger charge is -2.43. The normalized spacial score (nSPS) is 12.3. The highest BCUT2D eigenvalue weighted by molar-refractivity contribution is 7.57. The summed E-state index contributed by atoms with van der Waals surface area (Å²) in [4.78, 5) is 0. The van der Waals surface area contributed by atoms with Crippen LogP contribution in [0.1, 0.15) is 20.8 Å². The van der Waals surface area contributed by atoms with Crippen LogP contribution in [0.5, 0.6) is 0 Å². The molecule has 0 aliphatic carbocycles. The third-order valence-corrected chi connectivity index (χ3v) is 6.51. The second kappa shape index (κ2) is 7.64. The summed E-state index contributed by atoms with van der Waals surface area (Å²) in [5, 5.41) is 8.63. The van der Waals surface area contributed by atoms with Crippen LogP contribution in [0, 0.1) is 5.16 Å². The molecular formula is C9H26ClN4P. The smallest absolute Gasteiger partial charge is 0.164 e. The fraction of sp³-hybridized carbons (Fsp3) is 1.00. The lowest BCUT2D eigenvalue weighted by molar-refractivity contribution is 0.397. The van der Waals surface area contributed by atoms with Crippen LogP contribution in [0.3, 0.4) is 0 Å². The summed E-state index contributed by atoms with van der Waals surface area (Å²) in [5.41, 5.74) is 0. The maximum Gasteiger partial charge on any atom is 0.164 e. The van der Waals surface area contributed by atoms with Gasteiger partial charge in [-0.1, -0.05) is 20.8 Å². The minimum absolute atomic E-state index is 0. The van der Waals surface area contributed by atoms with Crippen molar-refractivity contribution in [3.63, 3.8) is 0 Å². The van der Waals surface area contributed by atoms with E-state index in [0.29, 0.717) is 0 Å². The highest BCUT2D eigenvalue weighted by Gasteiger charge is 2.29. The van der Waals surface area contributed by atoms with Crippen molar-refractivity contribution >= 4 is 19.9 Å². The second-order valence-electron chi connectivity index (χ2n) is 3.49. The molecule has 0 radical (unpaired) electrons. The molecule has 0 unspecified atom stereocenters. The molecule has 1 N–H and O–H groups in total. The van der Waals surface area contributed by atoms with Gasteiger partial charge in [-0.05, 0) is 21.1 Å². The standard InChI is InChI=1S/C9H25N4P.ClH/c1-7-11(4)14(10,12(5)8-2)13(6)9-3;/h10H,7-9H2,1-6H3;1H. The topological polar surface area (TPSA) is 33.6 Å². The lowest BCUT2D eigenvalue weighted by Crippen LogP contribution is -2.35. The molecule has 0 amide bonds. The van der Waals surface area contributed by atoms with Gasteiger partial charge >= 0.3 is 0 Å². The summed E-state index contributed by atoms with van der Waals surface area (Å²) in [6, 6.07) is 0. The molecule has 0 aromatic carbocycles. The minimum Gasteiger partial charge on any atom is -0.277 e. The van der Waals surface area contributed by atoms with Crippen LogP contribution < -0.4 is 0 Å². The predicted molar refractivity (Wildman–Crippen MR) is 71.8 cm³/mol. The maximum absolute atomic E-state index is 8.63. The zero-order chi connectivity index (χ0) is 11.4. The minimum atomic E-state index is -1.99. The van der Waals surface area contributed by atoms with Crippen LogP contribution in [0.15, 0.2) is 0 Å². The summed E-state index contributed by atoms with van der Waals surface area (Å²) in [5.74, 6) is 0. The van der Waals surface area contributed by atoms with Crippen LogP contribution in [0.2, 0.25) is 0 Å². The van der Waals surface area contributed by atoms with Crippen molar-refractivity contribution in [3.05, 3.63) is 0 Å². The highest BCUT2D eigenvalue weighted by atomic mass is 35.5. The fourth-order valence-corrected chi connectivity index (χ4v) is 4.12. The van der Waals surface area contributed by atoms with Crippen molar-refractivity contribution in [2.45, 2.75) is 20.8 Å². The van der Waals surface area contributed by atoms with Gasteiger partial charge in [0.05, 0.1) is 0 Å². The highest BCUT2D eigenvalue weighted by Crippen LogP contribution is 2.53. The van der Waals surface area contributed by atoms with Crippen molar-refractivity contribution < 1.29 is 0 Å². The van der Waals surface area contributed by atoms with Crippen molar-refractivity contribution in [3.8, 4) is 0 Å². The van der Waals surface area contributed by atoms with E-state index in [-0.39, 0.29) is 12.4 Å². The summed E-state index contributed by atoms with van der Waals surface area (Å²) in [7, 11) is 4.13. The predicted octanol–water partition coefficient (Wildman–Crippen LogP) is 2.79. The van der Waals surface area contributed by atoms with Crippen molar-refractivity contribution in [2.75, 3.05) is 40.8 Å². The Bertz CT molecular complexity index is 179. The van der Waals surface area contributed by atoms with E-state index in [2.05, 4.69) is 34.8 Å². The molecule has 0 bridgehead atoms. The van der Waals surface area contributed by atoms with Crippen molar-refractivity contribution in [1.82, 2.24) is 14.0 Å². The van der Waals surface area contributed by atoms with E-state index in [1.54, 1.807) is 0 Å². The first kappa shape index (κ1) is 17.8. The number of nitrogens with zero attached hydrogens (tertiary/aromatic N) is 3. The van der Waals surface area contributed by atoms with Gasteiger partial charge in [-0.3, -0.25) is 5.16 Å². The summed E-state index contributed by atoms with van der Waals surface area (Å²) in [6.45, 7) is 9.09. The van der Waals surface area contributed by atoms with Gasteiger partial charge < -0.3 is 0 Å². The van der Waals surface area contributed by atoms with Crippen molar-refractivity contribution in [1.29, 1.82) is 5.16 Å². The molecular weight excluding hydrogens is 231 g/mol. The quantitative estimate of drug-likeness (QED) is 0.742. The molecule has 0 aromatic heterocycles. The largest absolute Gasteiger partial charge is 0.277 e. The van der Waals surface area contributed by atoms with E-state index in [0.717, 1.165) is 19.6 Å². The maximum atomic E-state index is 8.63. The molecule has 0 heterocycles. The van der Waals surface area contributed by atoms with Gasteiger partial charge in [-0.15, -0.1) is 12.4 Å². The first-order valence-corrected chi connectivity index (χ1v) is 6.88. The van der Waals surface area contributed by atoms with Gasteiger partial charge in [0, 0.05) is 19.6 Å². The Morgan fingerprint density at radius 2 is 1.00 bits per heavy atom. The Morgan fingerprint density at radius 3 is 1.13 bits per heavy atom. The molecule has 0 fully saturated rings. The molecule has 94 valence electrons. The van der Waals surface area contributed by atoms with E-state index in [1.807, 2.05) is 21.1 Å².